The van der Waals surface area contributed by atoms with Crippen LogP contribution in [-0.4, -0.2) is 120 Å². The summed E-state index contributed by atoms with van der Waals surface area (Å²) < 4.78 is 105. The van der Waals surface area contributed by atoms with E-state index in [9.17, 15) is 23.8 Å². The number of alkyl halides is 1. The van der Waals surface area contributed by atoms with Gasteiger partial charge in [0, 0.05) is 0 Å². The van der Waals surface area contributed by atoms with Gasteiger partial charge in [-0.3, -0.25) is 36.8 Å². The maximum atomic E-state index is 16.8. The molecule has 0 saturated carbocycles. The van der Waals surface area contributed by atoms with E-state index in [1.807, 2.05) is 0 Å². The molecule has 0 aromatic carbocycles. The van der Waals surface area contributed by atoms with Crippen LogP contribution in [0.15, 0.2) is 25.3 Å². The summed E-state index contributed by atoms with van der Waals surface area (Å²) in [5.74, 6) is -1.54. The number of imidazole rings is 2. The van der Waals surface area contributed by atoms with Crippen molar-refractivity contribution in [2.24, 2.45) is 10.8 Å². The summed E-state index contributed by atoms with van der Waals surface area (Å²) in [6.45, 7) is 5.66. The first-order valence-electron chi connectivity index (χ1n) is 18.2. The van der Waals surface area contributed by atoms with Gasteiger partial charge in [0.25, 0.3) is 0 Å². The van der Waals surface area contributed by atoms with Crippen molar-refractivity contribution in [1.29, 1.82) is 0 Å². The Morgan fingerprint density at radius 1 is 0.750 bits per heavy atom. The Morgan fingerprint density at radius 2 is 1.20 bits per heavy atom. The molecule has 3 aliphatic rings. The fraction of sp³-hybridized carbons (Fsp3) is 0.625. The van der Waals surface area contributed by atoms with Crippen LogP contribution in [0.2, 0.25) is 0 Å². The number of phosphoric acid groups is 2. The molecule has 328 valence electrons. The molecule has 10 atom stereocenters. The molecule has 4 aromatic heterocycles. The van der Waals surface area contributed by atoms with Gasteiger partial charge in [0.05, 0.1) is 36.7 Å². The van der Waals surface area contributed by atoms with Crippen LogP contribution in [-0.2, 0) is 64.8 Å². The topological polar surface area (TPSA) is 320 Å². The Bertz CT molecular complexity index is 2340. The van der Waals surface area contributed by atoms with E-state index in [4.69, 9.17) is 57.6 Å². The van der Waals surface area contributed by atoms with E-state index in [0.717, 1.165) is 17.2 Å². The van der Waals surface area contributed by atoms with Crippen molar-refractivity contribution < 1.29 is 74.3 Å². The summed E-state index contributed by atoms with van der Waals surface area (Å²) >= 11 is 0. The van der Waals surface area contributed by atoms with Crippen molar-refractivity contribution in [1.82, 2.24) is 39.0 Å². The molecule has 3 saturated heterocycles. The van der Waals surface area contributed by atoms with Gasteiger partial charge in [0.1, 0.15) is 54.2 Å². The minimum Gasteiger partial charge on any atom is -0.437 e. The van der Waals surface area contributed by atoms with E-state index >= 15 is 4.39 Å². The van der Waals surface area contributed by atoms with Gasteiger partial charge < -0.3 is 35.5 Å². The zero-order chi connectivity index (χ0) is 43.4. The van der Waals surface area contributed by atoms with Crippen molar-refractivity contribution in [3.63, 3.8) is 0 Å². The van der Waals surface area contributed by atoms with Crippen LogP contribution in [0.1, 0.15) is 54.0 Å². The largest absolute Gasteiger partial charge is 0.478 e. The zero-order valence-corrected chi connectivity index (χ0v) is 34.7. The van der Waals surface area contributed by atoms with Crippen molar-refractivity contribution in [2.45, 2.75) is 90.7 Å². The number of aliphatic hydroxyl groups excluding tert-OH is 1. The molecular weight excluding hydrogens is 845 g/mol. The molecule has 2 bridgehead atoms. The molecule has 0 spiro atoms. The van der Waals surface area contributed by atoms with Gasteiger partial charge in [0.2, 0.25) is 13.6 Å². The zero-order valence-electron chi connectivity index (χ0n) is 32.9. The molecule has 7 rings (SSSR count). The molecular formula is C32H43FN10O15P2. The van der Waals surface area contributed by atoms with E-state index in [-0.39, 0.29) is 34.0 Å². The van der Waals surface area contributed by atoms with Crippen LogP contribution in [0.3, 0.4) is 0 Å². The number of hydrogen-bond donors (Lipinski definition) is 3. The average molecular weight is 889 g/mol. The lowest BCUT2D eigenvalue weighted by atomic mass is 9.98. The summed E-state index contributed by atoms with van der Waals surface area (Å²) in [7, 11) is -10.2. The Labute approximate surface area is 339 Å². The highest BCUT2D eigenvalue weighted by atomic mass is 31.2. The van der Waals surface area contributed by atoms with E-state index in [1.54, 1.807) is 41.5 Å². The lowest BCUT2D eigenvalue weighted by molar-refractivity contribution is -0.162. The molecule has 0 radical (unpaired) electrons. The smallest absolute Gasteiger partial charge is 0.437 e. The van der Waals surface area contributed by atoms with E-state index in [2.05, 4.69) is 29.9 Å². The molecule has 28 heteroatoms. The van der Waals surface area contributed by atoms with Crippen molar-refractivity contribution in [2.75, 3.05) is 38.3 Å². The molecule has 7 heterocycles. The van der Waals surface area contributed by atoms with Crippen LogP contribution in [0.4, 0.5) is 16.0 Å². The van der Waals surface area contributed by atoms with Gasteiger partial charge in [-0.2, -0.15) is 0 Å². The van der Waals surface area contributed by atoms with E-state index in [1.165, 1.54) is 17.2 Å². The summed E-state index contributed by atoms with van der Waals surface area (Å²) in [5, 5.41) is 11.7. The third-order valence-corrected chi connectivity index (χ3v) is 12.0. The lowest BCUT2D eigenvalue weighted by Crippen LogP contribution is -2.36. The van der Waals surface area contributed by atoms with Gasteiger partial charge in [-0.05, 0) is 41.5 Å². The first kappa shape index (κ1) is 43.7. The predicted molar refractivity (Wildman–Crippen MR) is 198 cm³/mol. The first-order chi connectivity index (χ1) is 28.2. The number of carbonyl (C=O) groups excluding carboxylic acids is 2. The Hall–Kier alpha value is -4.33. The number of fused-ring (bicyclic) bond motifs is 5. The molecule has 60 heavy (non-hydrogen) atoms. The van der Waals surface area contributed by atoms with Crippen LogP contribution in [0.25, 0.3) is 22.3 Å². The number of carbonyl (C=O) groups is 2. The second-order valence-corrected chi connectivity index (χ2v) is 19.0. The minimum absolute atomic E-state index is 0.00705. The predicted octanol–water partition coefficient (Wildman–Crippen LogP) is 2.48. The number of esters is 2. The number of phosphoric ester groups is 2. The normalized spacial score (nSPS) is 31.6. The number of rotatable bonds is 8. The summed E-state index contributed by atoms with van der Waals surface area (Å²) in [6.07, 6.45) is -9.37. The van der Waals surface area contributed by atoms with Crippen molar-refractivity contribution >= 4 is 61.5 Å². The third-order valence-electron chi connectivity index (χ3n) is 9.22. The van der Waals surface area contributed by atoms with Crippen molar-refractivity contribution in [3.05, 3.63) is 25.3 Å². The number of nitrogen functional groups attached to an aromatic ring is 2. The summed E-state index contributed by atoms with van der Waals surface area (Å²) in [5.41, 5.74) is 10.3. The highest BCUT2D eigenvalue weighted by Gasteiger charge is 2.56. The minimum atomic E-state index is -5.08. The van der Waals surface area contributed by atoms with Crippen LogP contribution in [0.5, 0.6) is 0 Å². The second kappa shape index (κ2) is 16.5. The van der Waals surface area contributed by atoms with Crippen LogP contribution >= 0.6 is 15.6 Å². The number of aliphatic hydroxyl groups is 1. The highest BCUT2D eigenvalue weighted by molar-refractivity contribution is 7.48. The summed E-state index contributed by atoms with van der Waals surface area (Å²) in [6, 6.07) is 0. The SMILES string of the molecule is CC(C)(C)C(=O)OCOP1(=O)OC[C@H]2OC(n3cnc4c(N)ncnc43)C(F)C2OP(=O)(OCOC(=O)C(C)(C)C)OCC2OC(n3cnc4c(N)ncnc43)C(O1)C2O. The Kier molecular flexibility index (Phi) is 12.0. The van der Waals surface area contributed by atoms with Gasteiger partial charge in [-0.1, -0.05) is 0 Å². The quantitative estimate of drug-likeness (QED) is 0.130. The molecule has 25 nitrogen and oxygen atoms in total. The molecule has 3 fully saturated rings. The van der Waals surface area contributed by atoms with Gasteiger partial charge >= 0.3 is 27.6 Å². The van der Waals surface area contributed by atoms with Gasteiger partial charge in [0.15, 0.2) is 41.6 Å². The van der Waals surface area contributed by atoms with Gasteiger partial charge in [-0.25, -0.2) is 52.5 Å². The number of ether oxygens (including phenoxy) is 4. The number of anilines is 2. The number of nitrogens with zero attached hydrogens (tertiary/aromatic N) is 8. The molecule has 0 amide bonds. The number of hydrogen-bond acceptors (Lipinski definition) is 23. The molecule has 4 aromatic rings. The molecule has 5 N–H and O–H groups in total. The monoisotopic (exact) mass is 888 g/mol. The lowest BCUT2D eigenvalue weighted by Gasteiger charge is -2.28. The Morgan fingerprint density at radius 3 is 1.70 bits per heavy atom. The maximum Gasteiger partial charge on any atom is 0.478 e. The molecule has 3 aliphatic heterocycles. The third kappa shape index (κ3) is 8.85. The summed E-state index contributed by atoms with van der Waals surface area (Å²) in [4.78, 5) is 49.7. The highest BCUT2D eigenvalue weighted by Crippen LogP contribution is 2.58. The number of halogens is 1. The average Bonchev–Trinajstić information content (AvgIpc) is 3.94. The number of nitrogens with two attached hydrogens (primary N) is 2. The fourth-order valence-electron chi connectivity index (χ4n) is 6.03. The Balaban J connectivity index is 1.26. The van der Waals surface area contributed by atoms with E-state index in [0.29, 0.717) is 0 Å². The van der Waals surface area contributed by atoms with Crippen LogP contribution in [0, 0.1) is 10.8 Å². The maximum absolute atomic E-state index is 16.8. The molecule has 0 aliphatic carbocycles. The van der Waals surface area contributed by atoms with Gasteiger partial charge in [-0.15, -0.1) is 0 Å². The molecule has 9 unspecified atom stereocenters. The second-order valence-electron chi connectivity index (χ2n) is 15.7. The van der Waals surface area contributed by atoms with Crippen molar-refractivity contribution in [3.8, 4) is 0 Å². The van der Waals surface area contributed by atoms with Crippen LogP contribution < -0.4 is 11.5 Å². The number of aromatic nitrogens is 8. The van der Waals surface area contributed by atoms with E-state index < -0.39 is 114 Å². The standard InChI is InChI=1S/C32H43FN10O15P2/c1-31(2,3)29(45)49-13-53-59(47)51-7-15-20(44)22(28(55-15)43-12-41-19-24(35)37-10-39-26(19)43)58-60(48,54-14-50-30(46)32(4,5)6)52-8-16-21(57-59)17(33)27(56-16)42-11-40-18-23(34)36-9-38-25(18)42/h9-12,15-17,20-22,27-28,44H,7-8,13-14H2,1-6H3,(H2,34,36,38)(H2,35,37,39)/t15?,16-,17?,20?,21?,22?,27?,28?,59?,60?/m1/s1. The first-order valence-corrected chi connectivity index (χ1v) is 21.1. The fourth-order valence-corrected chi connectivity index (χ4v) is 8.52.